The van der Waals surface area contributed by atoms with Crippen LogP contribution >= 0.6 is 11.8 Å². The van der Waals surface area contributed by atoms with Gasteiger partial charge in [0.25, 0.3) is 5.91 Å². The number of benzene rings is 3. The maximum Gasteiger partial charge on any atom is 0.253 e. The summed E-state index contributed by atoms with van der Waals surface area (Å²) >= 11 is 1.28. The van der Waals surface area contributed by atoms with Crippen molar-refractivity contribution in [1.82, 2.24) is 25.1 Å². The number of amides is 2. The second-order valence-corrected chi connectivity index (χ2v) is 9.18. The van der Waals surface area contributed by atoms with Crippen LogP contribution in [0.5, 0.6) is 0 Å². The summed E-state index contributed by atoms with van der Waals surface area (Å²) in [5, 5.41) is 15.2. The predicted molar refractivity (Wildman–Crippen MR) is 140 cm³/mol. The third-order valence-corrected chi connectivity index (χ3v) is 6.80. The molecule has 36 heavy (non-hydrogen) atoms. The minimum atomic E-state index is -0.136. The second-order valence-electron chi connectivity index (χ2n) is 8.24. The topological polar surface area (TPSA) is 96.2 Å². The molecule has 0 aliphatic carbocycles. The number of tetrazole rings is 1. The molecule has 1 aliphatic heterocycles. The van der Waals surface area contributed by atoms with Crippen molar-refractivity contribution in [2.45, 2.75) is 5.16 Å². The third kappa shape index (κ3) is 5.55. The summed E-state index contributed by atoms with van der Waals surface area (Å²) in [6.07, 6.45) is 0. The minimum Gasteiger partial charge on any atom is -0.368 e. The van der Waals surface area contributed by atoms with Crippen LogP contribution < -0.4 is 10.2 Å². The molecule has 0 radical (unpaired) electrons. The van der Waals surface area contributed by atoms with Gasteiger partial charge in [-0.3, -0.25) is 9.59 Å². The van der Waals surface area contributed by atoms with Crippen LogP contribution in [-0.2, 0) is 4.79 Å². The number of para-hydroxylation sites is 1. The van der Waals surface area contributed by atoms with Gasteiger partial charge in [0, 0.05) is 43.1 Å². The van der Waals surface area contributed by atoms with Crippen LogP contribution in [0.3, 0.4) is 0 Å². The number of hydrogen-bond donors (Lipinski definition) is 1. The van der Waals surface area contributed by atoms with Gasteiger partial charge in [-0.15, -0.1) is 5.10 Å². The number of carbonyl (C=O) groups is 2. The van der Waals surface area contributed by atoms with E-state index in [1.165, 1.54) is 11.8 Å². The van der Waals surface area contributed by atoms with E-state index in [1.54, 1.807) is 4.68 Å². The Balaban J connectivity index is 1.11. The van der Waals surface area contributed by atoms with Gasteiger partial charge in [-0.2, -0.15) is 4.68 Å². The lowest BCUT2D eigenvalue weighted by Gasteiger charge is -2.36. The number of piperazine rings is 1. The molecule has 2 amide bonds. The van der Waals surface area contributed by atoms with Gasteiger partial charge < -0.3 is 15.1 Å². The Kier molecular flexibility index (Phi) is 7.23. The highest BCUT2D eigenvalue weighted by Crippen LogP contribution is 2.22. The molecule has 1 aromatic heterocycles. The van der Waals surface area contributed by atoms with E-state index >= 15 is 0 Å². The van der Waals surface area contributed by atoms with Crippen molar-refractivity contribution >= 4 is 35.0 Å². The Bertz CT molecular complexity index is 1310. The molecule has 0 unspecified atom stereocenters. The number of anilines is 2. The van der Waals surface area contributed by atoms with Crippen molar-refractivity contribution in [2.75, 3.05) is 42.1 Å². The van der Waals surface area contributed by atoms with E-state index in [1.807, 2.05) is 89.8 Å². The van der Waals surface area contributed by atoms with Gasteiger partial charge in [0.2, 0.25) is 11.1 Å². The molecule has 5 rings (SSSR count). The molecule has 2 heterocycles. The summed E-state index contributed by atoms with van der Waals surface area (Å²) in [5.41, 5.74) is 3.35. The SMILES string of the molecule is O=C(CSc1nnnn1-c1ccccc1)Nc1ccc(N2CCN(C(=O)c3ccccc3)CC2)cc1. The molecular formula is C26H25N7O2S. The highest BCUT2D eigenvalue weighted by molar-refractivity contribution is 7.99. The van der Waals surface area contributed by atoms with Gasteiger partial charge in [0.15, 0.2) is 0 Å². The second kappa shape index (κ2) is 11.0. The zero-order valence-corrected chi connectivity index (χ0v) is 20.3. The van der Waals surface area contributed by atoms with Crippen molar-refractivity contribution in [1.29, 1.82) is 0 Å². The van der Waals surface area contributed by atoms with Crippen LogP contribution in [0.1, 0.15) is 10.4 Å². The van der Waals surface area contributed by atoms with Gasteiger partial charge in [-0.05, 0) is 59.0 Å². The molecule has 0 bridgehead atoms. The Morgan fingerprint density at radius 1 is 0.806 bits per heavy atom. The Morgan fingerprint density at radius 2 is 1.47 bits per heavy atom. The summed E-state index contributed by atoms with van der Waals surface area (Å²) in [6.45, 7) is 2.87. The zero-order valence-electron chi connectivity index (χ0n) is 19.5. The number of rotatable bonds is 7. The maximum atomic E-state index is 12.7. The maximum absolute atomic E-state index is 12.7. The summed E-state index contributed by atoms with van der Waals surface area (Å²) in [6, 6.07) is 26.7. The first-order valence-electron chi connectivity index (χ1n) is 11.6. The monoisotopic (exact) mass is 499 g/mol. The quantitative estimate of drug-likeness (QED) is 0.390. The summed E-state index contributed by atoms with van der Waals surface area (Å²) in [7, 11) is 0. The van der Waals surface area contributed by atoms with Gasteiger partial charge in [-0.25, -0.2) is 0 Å². The number of aromatic nitrogens is 4. The van der Waals surface area contributed by atoms with E-state index in [2.05, 4.69) is 25.7 Å². The lowest BCUT2D eigenvalue weighted by Crippen LogP contribution is -2.48. The number of nitrogens with zero attached hydrogens (tertiary/aromatic N) is 6. The van der Waals surface area contributed by atoms with Crippen LogP contribution in [0.15, 0.2) is 90.1 Å². The molecule has 1 aliphatic rings. The minimum absolute atomic E-state index is 0.0731. The molecule has 1 saturated heterocycles. The number of hydrogen-bond acceptors (Lipinski definition) is 7. The van der Waals surface area contributed by atoms with E-state index < -0.39 is 0 Å². The van der Waals surface area contributed by atoms with E-state index in [-0.39, 0.29) is 17.6 Å². The van der Waals surface area contributed by atoms with E-state index in [0.29, 0.717) is 18.2 Å². The van der Waals surface area contributed by atoms with Gasteiger partial charge in [0.05, 0.1) is 11.4 Å². The van der Waals surface area contributed by atoms with Gasteiger partial charge >= 0.3 is 0 Å². The molecule has 1 fully saturated rings. The van der Waals surface area contributed by atoms with Crippen molar-refractivity contribution in [3.63, 3.8) is 0 Å². The zero-order chi connectivity index (χ0) is 24.7. The first-order chi connectivity index (χ1) is 17.7. The number of thioether (sulfide) groups is 1. The lowest BCUT2D eigenvalue weighted by molar-refractivity contribution is -0.113. The fourth-order valence-electron chi connectivity index (χ4n) is 4.01. The van der Waals surface area contributed by atoms with E-state index in [0.717, 1.165) is 35.7 Å². The van der Waals surface area contributed by atoms with Gasteiger partial charge in [0.1, 0.15) is 0 Å². The molecular weight excluding hydrogens is 474 g/mol. The highest BCUT2D eigenvalue weighted by atomic mass is 32.2. The Labute approximate surface area is 213 Å². The third-order valence-electron chi connectivity index (χ3n) is 5.88. The summed E-state index contributed by atoms with van der Waals surface area (Å²) < 4.78 is 1.61. The van der Waals surface area contributed by atoms with Crippen LogP contribution in [0.25, 0.3) is 5.69 Å². The molecule has 0 atom stereocenters. The van der Waals surface area contributed by atoms with Crippen LogP contribution in [0.2, 0.25) is 0 Å². The Hall–Kier alpha value is -4.18. The van der Waals surface area contributed by atoms with Crippen LogP contribution in [0.4, 0.5) is 11.4 Å². The van der Waals surface area contributed by atoms with Gasteiger partial charge in [-0.1, -0.05) is 48.2 Å². The Morgan fingerprint density at radius 3 is 2.17 bits per heavy atom. The normalized spacial score (nSPS) is 13.4. The lowest BCUT2D eigenvalue weighted by atomic mass is 10.1. The molecule has 10 heteroatoms. The van der Waals surface area contributed by atoms with E-state index in [9.17, 15) is 9.59 Å². The van der Waals surface area contributed by atoms with Crippen LogP contribution in [-0.4, -0.2) is 68.9 Å². The van der Waals surface area contributed by atoms with Crippen molar-refractivity contribution in [3.8, 4) is 5.69 Å². The van der Waals surface area contributed by atoms with Crippen molar-refractivity contribution < 1.29 is 9.59 Å². The van der Waals surface area contributed by atoms with Crippen LogP contribution in [0, 0.1) is 0 Å². The highest BCUT2D eigenvalue weighted by Gasteiger charge is 2.22. The average molecular weight is 500 g/mol. The predicted octanol–water partition coefficient (Wildman–Crippen LogP) is 3.36. The largest absolute Gasteiger partial charge is 0.368 e. The fraction of sp³-hybridized carbons (Fsp3) is 0.192. The summed E-state index contributed by atoms with van der Waals surface area (Å²) in [5.74, 6) is 0.124. The van der Waals surface area contributed by atoms with Crippen molar-refractivity contribution in [3.05, 3.63) is 90.5 Å². The molecule has 9 nitrogen and oxygen atoms in total. The molecule has 0 spiro atoms. The molecule has 3 aromatic carbocycles. The van der Waals surface area contributed by atoms with Crippen molar-refractivity contribution in [2.24, 2.45) is 0 Å². The standard InChI is InChI=1S/C26H25N7O2S/c34-24(19-36-26-28-29-30-33(26)23-9-5-2-6-10-23)27-21-11-13-22(14-12-21)31-15-17-32(18-16-31)25(35)20-7-3-1-4-8-20/h1-14H,15-19H2,(H,27,34). The fourth-order valence-corrected chi connectivity index (χ4v) is 4.70. The molecule has 182 valence electrons. The first-order valence-corrected chi connectivity index (χ1v) is 12.6. The number of carbonyl (C=O) groups excluding carboxylic acids is 2. The van der Waals surface area contributed by atoms with E-state index in [4.69, 9.17) is 0 Å². The molecule has 1 N–H and O–H groups in total. The average Bonchev–Trinajstić information content (AvgIpc) is 3.42. The summed E-state index contributed by atoms with van der Waals surface area (Å²) in [4.78, 5) is 29.3. The molecule has 4 aromatic rings. The number of nitrogens with one attached hydrogen (secondary N) is 1. The first kappa shape index (κ1) is 23.6. The molecule has 0 saturated carbocycles. The smallest absolute Gasteiger partial charge is 0.253 e.